The molecular weight excluding hydrogens is 468 g/mol. The maximum atomic E-state index is 12.7. The molecule has 0 saturated carbocycles. The number of amides is 4. The van der Waals surface area contributed by atoms with Gasteiger partial charge < -0.3 is 31.7 Å². The summed E-state index contributed by atoms with van der Waals surface area (Å²) < 4.78 is 5.05. The van der Waals surface area contributed by atoms with E-state index in [0.29, 0.717) is 38.2 Å². The monoisotopic (exact) mass is 504 g/mol. The van der Waals surface area contributed by atoms with Crippen LogP contribution in [-0.4, -0.2) is 55.5 Å². The number of alkyl carbamates (subject to hydrolysis) is 1. The summed E-state index contributed by atoms with van der Waals surface area (Å²) in [7, 11) is 0. The molecule has 36 heavy (non-hydrogen) atoms. The number of hydrogen-bond acceptors (Lipinski definition) is 7. The number of rotatable bonds is 15. The fourth-order valence-electron chi connectivity index (χ4n) is 2.97. The highest BCUT2D eigenvalue weighted by Crippen LogP contribution is 2.11. The zero-order valence-electron chi connectivity index (χ0n) is 21.0. The predicted molar refractivity (Wildman–Crippen MR) is 135 cm³/mol. The van der Waals surface area contributed by atoms with Gasteiger partial charge >= 0.3 is 6.09 Å². The molecule has 0 radical (unpaired) electrons. The van der Waals surface area contributed by atoms with E-state index in [2.05, 4.69) is 31.3 Å². The van der Waals surface area contributed by atoms with E-state index in [1.165, 1.54) is 0 Å². The molecule has 1 aromatic carbocycles. The number of carbonyl (C=O) groups excluding carboxylic acids is 4. The molecule has 4 amide bonds. The summed E-state index contributed by atoms with van der Waals surface area (Å²) in [5.41, 5.74) is 14.8. The number of nitrogens with two attached hydrogens (primary N) is 1. The Balaban J connectivity index is 2.53. The second-order valence-electron chi connectivity index (χ2n) is 8.41. The van der Waals surface area contributed by atoms with Gasteiger partial charge in [-0.1, -0.05) is 31.1 Å². The summed E-state index contributed by atoms with van der Waals surface area (Å²) in [6.45, 7) is 6.15. The van der Waals surface area contributed by atoms with Crippen LogP contribution in [0.1, 0.15) is 45.6 Å². The molecule has 0 bridgehead atoms. The minimum Gasteiger partial charge on any atom is -0.445 e. The predicted octanol–water partition coefficient (Wildman–Crippen LogP) is 1.94. The molecule has 13 nitrogen and oxygen atoms in total. The molecule has 0 unspecified atom stereocenters. The molecule has 0 aliphatic rings. The minimum absolute atomic E-state index is 0.0627. The SMILES string of the molecule is CC(C)[C@H](NC(=O)CCCCN=[N+]=[N-])C(=O)N[C@@H](C)C(=O)Nc1ccc(COC(=O)NCCN)cc1. The number of nitrogens with zero attached hydrogens (tertiary/aromatic N) is 3. The molecule has 0 aliphatic heterocycles. The summed E-state index contributed by atoms with van der Waals surface area (Å²) >= 11 is 0. The van der Waals surface area contributed by atoms with Gasteiger partial charge in [0.2, 0.25) is 17.7 Å². The highest BCUT2D eigenvalue weighted by atomic mass is 16.5. The number of nitrogens with one attached hydrogen (secondary N) is 4. The van der Waals surface area contributed by atoms with Crippen molar-refractivity contribution in [3.05, 3.63) is 40.3 Å². The zero-order chi connectivity index (χ0) is 26.9. The van der Waals surface area contributed by atoms with Crippen LogP contribution in [-0.2, 0) is 25.7 Å². The van der Waals surface area contributed by atoms with Gasteiger partial charge in [-0.25, -0.2) is 4.79 Å². The summed E-state index contributed by atoms with van der Waals surface area (Å²) in [6.07, 6.45) is 0.740. The summed E-state index contributed by atoms with van der Waals surface area (Å²) in [5.74, 6) is -1.38. The first-order valence-corrected chi connectivity index (χ1v) is 11.8. The smallest absolute Gasteiger partial charge is 0.407 e. The Morgan fingerprint density at radius 2 is 1.75 bits per heavy atom. The standard InChI is InChI=1S/C23H36N8O5/c1-15(2)20(30-19(32)6-4-5-12-27-31-25)22(34)28-16(3)21(33)29-18-9-7-17(8-10-18)14-36-23(35)26-13-11-24/h7-10,15-16,20H,4-6,11-14,24H2,1-3H3,(H,26,35)(H,28,34)(H,29,33)(H,30,32)/t16-,20-/m0/s1. The third kappa shape index (κ3) is 12.0. The first-order chi connectivity index (χ1) is 17.2. The van der Waals surface area contributed by atoms with Gasteiger partial charge in [0.05, 0.1) is 0 Å². The van der Waals surface area contributed by atoms with Gasteiger partial charge in [0.15, 0.2) is 0 Å². The third-order valence-electron chi connectivity index (χ3n) is 5.00. The Morgan fingerprint density at radius 1 is 1.06 bits per heavy atom. The highest BCUT2D eigenvalue weighted by Gasteiger charge is 2.26. The fourth-order valence-corrected chi connectivity index (χ4v) is 2.97. The largest absolute Gasteiger partial charge is 0.445 e. The van der Waals surface area contributed by atoms with Gasteiger partial charge in [0.25, 0.3) is 0 Å². The topological polar surface area (TPSA) is 200 Å². The molecule has 0 spiro atoms. The van der Waals surface area contributed by atoms with Gasteiger partial charge in [0, 0.05) is 36.7 Å². The Hall–Kier alpha value is -3.83. The van der Waals surface area contributed by atoms with Gasteiger partial charge in [0.1, 0.15) is 18.7 Å². The van der Waals surface area contributed by atoms with Crippen LogP contribution in [0, 0.1) is 5.92 Å². The highest BCUT2D eigenvalue weighted by molar-refractivity contribution is 5.98. The van der Waals surface area contributed by atoms with Crippen molar-refractivity contribution in [1.82, 2.24) is 16.0 Å². The number of ether oxygens (including phenoxy) is 1. The Bertz CT molecular complexity index is 916. The van der Waals surface area contributed by atoms with Crippen molar-refractivity contribution in [2.75, 3.05) is 25.0 Å². The second kappa shape index (κ2) is 16.7. The Morgan fingerprint density at radius 3 is 2.36 bits per heavy atom. The molecule has 2 atom stereocenters. The zero-order valence-corrected chi connectivity index (χ0v) is 21.0. The van der Waals surface area contributed by atoms with Crippen LogP contribution in [0.2, 0.25) is 0 Å². The number of carbonyl (C=O) groups is 4. The molecule has 198 valence electrons. The van der Waals surface area contributed by atoms with Crippen molar-refractivity contribution in [1.29, 1.82) is 0 Å². The first kappa shape index (κ1) is 30.2. The molecule has 13 heteroatoms. The van der Waals surface area contributed by atoms with E-state index in [1.54, 1.807) is 45.0 Å². The van der Waals surface area contributed by atoms with Crippen LogP contribution in [0.3, 0.4) is 0 Å². The molecular formula is C23H36N8O5. The third-order valence-corrected chi connectivity index (χ3v) is 5.00. The van der Waals surface area contributed by atoms with Crippen molar-refractivity contribution in [2.45, 2.75) is 58.7 Å². The van der Waals surface area contributed by atoms with E-state index in [-0.39, 0.29) is 24.9 Å². The normalized spacial score (nSPS) is 12.0. The number of azide groups is 1. The average molecular weight is 505 g/mol. The molecule has 1 aromatic rings. The lowest BCUT2D eigenvalue weighted by molar-refractivity contribution is -0.131. The number of benzene rings is 1. The van der Waals surface area contributed by atoms with E-state index in [9.17, 15) is 19.2 Å². The fraction of sp³-hybridized carbons (Fsp3) is 0.565. The minimum atomic E-state index is -0.853. The molecule has 0 aromatic heterocycles. The van der Waals surface area contributed by atoms with Gasteiger partial charge in [-0.3, -0.25) is 14.4 Å². The first-order valence-electron chi connectivity index (χ1n) is 11.8. The van der Waals surface area contributed by atoms with Gasteiger partial charge in [-0.05, 0) is 48.9 Å². The Labute approximate surface area is 210 Å². The molecule has 0 saturated heterocycles. The molecule has 1 rings (SSSR count). The summed E-state index contributed by atoms with van der Waals surface area (Å²) in [5, 5.41) is 14.0. The quantitative estimate of drug-likeness (QED) is 0.104. The molecule has 6 N–H and O–H groups in total. The summed E-state index contributed by atoms with van der Waals surface area (Å²) in [6, 6.07) is 5.06. The van der Waals surface area contributed by atoms with Crippen molar-refractivity contribution in [3.63, 3.8) is 0 Å². The molecule has 0 aliphatic carbocycles. The maximum absolute atomic E-state index is 12.7. The van der Waals surface area contributed by atoms with E-state index in [1.807, 2.05) is 0 Å². The van der Waals surface area contributed by atoms with Crippen LogP contribution in [0.4, 0.5) is 10.5 Å². The van der Waals surface area contributed by atoms with Crippen molar-refractivity contribution in [3.8, 4) is 0 Å². The van der Waals surface area contributed by atoms with Crippen molar-refractivity contribution >= 4 is 29.5 Å². The molecule has 0 fully saturated rings. The summed E-state index contributed by atoms with van der Waals surface area (Å²) in [4.78, 5) is 51.6. The lowest BCUT2D eigenvalue weighted by atomic mass is 10.0. The van der Waals surface area contributed by atoms with Gasteiger partial charge in [-0.2, -0.15) is 0 Å². The average Bonchev–Trinajstić information content (AvgIpc) is 2.85. The second-order valence-corrected chi connectivity index (χ2v) is 8.41. The van der Waals surface area contributed by atoms with E-state index in [0.717, 1.165) is 5.56 Å². The Kier molecular flexibility index (Phi) is 14.0. The van der Waals surface area contributed by atoms with Crippen molar-refractivity contribution in [2.24, 2.45) is 16.8 Å². The van der Waals surface area contributed by atoms with E-state index in [4.69, 9.17) is 16.0 Å². The lowest BCUT2D eigenvalue weighted by Gasteiger charge is -2.24. The van der Waals surface area contributed by atoms with Crippen molar-refractivity contribution < 1.29 is 23.9 Å². The van der Waals surface area contributed by atoms with Crippen LogP contribution < -0.4 is 27.0 Å². The number of unbranched alkanes of at least 4 members (excludes halogenated alkanes) is 1. The van der Waals surface area contributed by atoms with Crippen LogP contribution in [0.25, 0.3) is 10.4 Å². The van der Waals surface area contributed by atoms with Gasteiger partial charge in [-0.15, -0.1) is 0 Å². The van der Waals surface area contributed by atoms with Crippen LogP contribution >= 0.6 is 0 Å². The number of hydrogen-bond donors (Lipinski definition) is 5. The van der Waals surface area contributed by atoms with E-state index < -0.39 is 30.0 Å². The lowest BCUT2D eigenvalue weighted by Crippen LogP contribution is -2.53. The van der Waals surface area contributed by atoms with E-state index >= 15 is 0 Å². The van der Waals surface area contributed by atoms with Crippen LogP contribution in [0.15, 0.2) is 29.4 Å². The molecule has 0 heterocycles. The maximum Gasteiger partial charge on any atom is 0.407 e. The number of anilines is 1. The van der Waals surface area contributed by atoms with Crippen LogP contribution in [0.5, 0.6) is 0 Å².